The average molecular weight is 287 g/mol. The van der Waals surface area contributed by atoms with E-state index >= 15 is 0 Å². The van der Waals surface area contributed by atoms with Gasteiger partial charge in [-0.05, 0) is 36.8 Å². The largest absolute Gasteiger partial charge is 0.351 e. The molecule has 0 spiro atoms. The molecule has 0 aliphatic heterocycles. The van der Waals surface area contributed by atoms with Gasteiger partial charge in [-0.15, -0.1) is 0 Å². The van der Waals surface area contributed by atoms with Crippen LogP contribution in [-0.4, -0.2) is 17.4 Å². The van der Waals surface area contributed by atoms with Crippen molar-refractivity contribution >= 4 is 29.1 Å². The Morgan fingerprint density at radius 3 is 2.72 bits per heavy atom. The van der Waals surface area contributed by atoms with Crippen molar-refractivity contribution in [2.24, 2.45) is 5.41 Å². The summed E-state index contributed by atoms with van der Waals surface area (Å²) in [7, 11) is 0. The molecule has 18 heavy (non-hydrogen) atoms. The molecule has 98 valence electrons. The van der Waals surface area contributed by atoms with Gasteiger partial charge in [-0.2, -0.15) is 0 Å². The summed E-state index contributed by atoms with van der Waals surface area (Å²) < 4.78 is 0. The lowest BCUT2D eigenvalue weighted by atomic mass is 10.0. The molecule has 5 heteroatoms. The van der Waals surface area contributed by atoms with Crippen LogP contribution < -0.4 is 5.32 Å². The summed E-state index contributed by atoms with van der Waals surface area (Å²) in [5, 5.41) is 3.39. The van der Waals surface area contributed by atoms with Crippen LogP contribution in [0.4, 0.5) is 0 Å². The van der Waals surface area contributed by atoms with Crippen molar-refractivity contribution in [1.82, 2.24) is 10.3 Å². The van der Waals surface area contributed by atoms with E-state index in [1.165, 1.54) is 19.3 Å². The van der Waals surface area contributed by atoms with E-state index in [9.17, 15) is 4.79 Å². The van der Waals surface area contributed by atoms with E-state index in [-0.39, 0.29) is 11.1 Å². The molecule has 0 atom stereocenters. The molecule has 1 heterocycles. The zero-order valence-corrected chi connectivity index (χ0v) is 11.8. The van der Waals surface area contributed by atoms with Crippen molar-refractivity contribution in [2.75, 3.05) is 6.54 Å². The van der Waals surface area contributed by atoms with Gasteiger partial charge < -0.3 is 5.32 Å². The van der Waals surface area contributed by atoms with Crippen molar-refractivity contribution < 1.29 is 4.79 Å². The van der Waals surface area contributed by atoms with Gasteiger partial charge in [0.15, 0.2) is 0 Å². The Hall–Kier alpha value is -0.800. The number of amides is 1. The Labute approximate surface area is 117 Å². The van der Waals surface area contributed by atoms with Gasteiger partial charge in [0.05, 0.1) is 5.56 Å². The normalized spacial score (nSPS) is 16.4. The topological polar surface area (TPSA) is 42.0 Å². The number of rotatable bonds is 5. The molecule has 0 unspecified atom stereocenters. The zero-order valence-electron chi connectivity index (χ0n) is 10.3. The van der Waals surface area contributed by atoms with E-state index in [1.807, 2.05) is 0 Å². The Morgan fingerprint density at radius 2 is 2.17 bits per heavy atom. The van der Waals surface area contributed by atoms with Crippen LogP contribution in [0.3, 0.4) is 0 Å². The molecule has 1 aromatic rings. The number of hydrogen-bond donors (Lipinski definition) is 1. The van der Waals surface area contributed by atoms with E-state index in [1.54, 1.807) is 12.1 Å². The first-order chi connectivity index (χ1) is 8.56. The van der Waals surface area contributed by atoms with Gasteiger partial charge in [0.1, 0.15) is 10.3 Å². The molecule has 1 aromatic heterocycles. The summed E-state index contributed by atoms with van der Waals surface area (Å²) in [6.45, 7) is 2.89. The van der Waals surface area contributed by atoms with E-state index in [0.29, 0.717) is 16.1 Å². The molecule has 0 saturated heterocycles. The second-order valence-electron chi connectivity index (χ2n) is 4.91. The zero-order chi connectivity index (χ0) is 13.2. The number of nitrogens with one attached hydrogen (secondary N) is 1. The van der Waals surface area contributed by atoms with E-state index in [2.05, 4.69) is 17.2 Å². The third kappa shape index (κ3) is 3.15. The first-order valence-electron chi connectivity index (χ1n) is 6.16. The standard InChI is InChI=1S/C13H16Cl2N2O/c1-2-5-13(6-7-13)8-16-12(18)9-3-4-10(14)17-11(9)15/h3-4H,2,5-8H2,1H3,(H,16,18). The minimum atomic E-state index is -0.174. The number of hydrogen-bond acceptors (Lipinski definition) is 2. The fourth-order valence-corrected chi connectivity index (χ4v) is 2.60. The Balaban J connectivity index is 1.96. The number of halogens is 2. The van der Waals surface area contributed by atoms with Crippen molar-refractivity contribution in [3.05, 3.63) is 28.0 Å². The lowest BCUT2D eigenvalue weighted by Crippen LogP contribution is -2.30. The van der Waals surface area contributed by atoms with Crippen LogP contribution in [0, 0.1) is 5.41 Å². The predicted molar refractivity (Wildman–Crippen MR) is 73.2 cm³/mol. The molecule has 1 fully saturated rings. The third-order valence-corrected chi connectivity index (χ3v) is 3.92. The van der Waals surface area contributed by atoms with Crippen molar-refractivity contribution in [3.8, 4) is 0 Å². The van der Waals surface area contributed by atoms with Crippen molar-refractivity contribution in [1.29, 1.82) is 0 Å². The second-order valence-corrected chi connectivity index (χ2v) is 5.65. The maximum atomic E-state index is 12.0. The first kappa shape index (κ1) is 13.6. The molecule has 1 amide bonds. The summed E-state index contributed by atoms with van der Waals surface area (Å²) >= 11 is 11.6. The van der Waals surface area contributed by atoms with Crippen LogP contribution in [0.2, 0.25) is 10.3 Å². The SMILES string of the molecule is CCCC1(CNC(=O)c2ccc(Cl)nc2Cl)CC1. The number of carbonyl (C=O) groups is 1. The van der Waals surface area contributed by atoms with E-state index < -0.39 is 0 Å². The van der Waals surface area contributed by atoms with Gasteiger partial charge in [-0.25, -0.2) is 4.98 Å². The smallest absolute Gasteiger partial charge is 0.254 e. The summed E-state index contributed by atoms with van der Waals surface area (Å²) in [4.78, 5) is 15.8. The number of carbonyl (C=O) groups excluding carboxylic acids is 1. The van der Waals surface area contributed by atoms with E-state index in [0.717, 1.165) is 13.0 Å². The highest BCUT2D eigenvalue weighted by Crippen LogP contribution is 2.48. The minimum absolute atomic E-state index is 0.153. The summed E-state index contributed by atoms with van der Waals surface area (Å²) in [6.07, 6.45) is 4.72. The lowest BCUT2D eigenvalue weighted by Gasteiger charge is -2.15. The maximum Gasteiger partial charge on any atom is 0.254 e. The van der Waals surface area contributed by atoms with Crippen molar-refractivity contribution in [3.63, 3.8) is 0 Å². The second kappa shape index (κ2) is 5.45. The Kier molecular flexibility index (Phi) is 4.13. The van der Waals surface area contributed by atoms with Gasteiger partial charge in [-0.3, -0.25) is 4.79 Å². The van der Waals surface area contributed by atoms with Gasteiger partial charge in [0.2, 0.25) is 0 Å². The molecule has 3 nitrogen and oxygen atoms in total. The van der Waals surface area contributed by atoms with Crippen LogP contribution >= 0.6 is 23.2 Å². The van der Waals surface area contributed by atoms with Gasteiger partial charge in [-0.1, -0.05) is 36.5 Å². The molecular formula is C13H16Cl2N2O. The number of nitrogens with zero attached hydrogens (tertiary/aromatic N) is 1. The molecular weight excluding hydrogens is 271 g/mol. The van der Waals surface area contributed by atoms with Crippen LogP contribution in [0.1, 0.15) is 43.0 Å². The molecule has 2 rings (SSSR count). The molecule has 1 aliphatic carbocycles. The fourth-order valence-electron chi connectivity index (χ4n) is 2.17. The van der Waals surface area contributed by atoms with E-state index in [4.69, 9.17) is 23.2 Å². The minimum Gasteiger partial charge on any atom is -0.351 e. The van der Waals surface area contributed by atoms with Crippen LogP contribution in [0.25, 0.3) is 0 Å². The monoisotopic (exact) mass is 286 g/mol. The maximum absolute atomic E-state index is 12.0. The summed E-state index contributed by atoms with van der Waals surface area (Å²) in [5.41, 5.74) is 0.713. The quantitative estimate of drug-likeness (QED) is 0.839. The number of aromatic nitrogens is 1. The first-order valence-corrected chi connectivity index (χ1v) is 6.92. The molecule has 1 N–H and O–H groups in total. The molecule has 1 saturated carbocycles. The Bertz CT molecular complexity index is 458. The van der Waals surface area contributed by atoms with Crippen LogP contribution in [0.5, 0.6) is 0 Å². The average Bonchev–Trinajstić information content (AvgIpc) is 3.07. The Morgan fingerprint density at radius 1 is 1.44 bits per heavy atom. The molecule has 0 bridgehead atoms. The number of pyridine rings is 1. The predicted octanol–water partition coefficient (Wildman–Crippen LogP) is 3.70. The summed E-state index contributed by atoms with van der Waals surface area (Å²) in [5.74, 6) is -0.174. The molecule has 0 aromatic carbocycles. The fraction of sp³-hybridized carbons (Fsp3) is 0.538. The highest BCUT2D eigenvalue weighted by atomic mass is 35.5. The lowest BCUT2D eigenvalue weighted by molar-refractivity contribution is 0.0943. The van der Waals surface area contributed by atoms with Crippen molar-refractivity contribution in [2.45, 2.75) is 32.6 Å². The van der Waals surface area contributed by atoms with Crippen LogP contribution in [0.15, 0.2) is 12.1 Å². The summed E-state index contributed by atoms with van der Waals surface area (Å²) in [6, 6.07) is 3.17. The third-order valence-electron chi connectivity index (χ3n) is 3.42. The van der Waals surface area contributed by atoms with Gasteiger partial charge in [0, 0.05) is 6.54 Å². The molecule has 1 aliphatic rings. The highest BCUT2D eigenvalue weighted by Gasteiger charge is 2.41. The van der Waals surface area contributed by atoms with Crippen LogP contribution in [-0.2, 0) is 0 Å². The highest BCUT2D eigenvalue weighted by molar-refractivity contribution is 6.34. The van der Waals surface area contributed by atoms with Gasteiger partial charge >= 0.3 is 0 Å². The molecule has 0 radical (unpaired) electrons. The van der Waals surface area contributed by atoms with Gasteiger partial charge in [0.25, 0.3) is 5.91 Å².